The van der Waals surface area contributed by atoms with Gasteiger partial charge in [0.05, 0.1) is 11.8 Å². The van der Waals surface area contributed by atoms with E-state index >= 15 is 0 Å². The van der Waals surface area contributed by atoms with E-state index in [0.717, 1.165) is 0 Å². The van der Waals surface area contributed by atoms with E-state index in [4.69, 9.17) is 0 Å². The van der Waals surface area contributed by atoms with E-state index in [0.29, 0.717) is 22.3 Å². The summed E-state index contributed by atoms with van der Waals surface area (Å²) in [6, 6.07) is 4.99. The molecule has 0 fully saturated rings. The van der Waals surface area contributed by atoms with Gasteiger partial charge in [-0.25, -0.2) is 8.78 Å². The van der Waals surface area contributed by atoms with E-state index in [1.54, 1.807) is 12.1 Å². The van der Waals surface area contributed by atoms with Gasteiger partial charge in [0, 0.05) is 10.6 Å². The lowest BCUT2D eigenvalue weighted by Gasteiger charge is -2.17. The predicted octanol–water partition coefficient (Wildman–Crippen LogP) is 4.41. The fourth-order valence-electron chi connectivity index (χ4n) is 1.18. The zero-order valence-corrected chi connectivity index (χ0v) is 10.3. The standard InChI is InChI=1S/C11H12F5NS/c1-7(10(12)13)17-8-4-2-3-5-9(8)18-6-11(14,15)16/h2-5,7,10,17H,6H2,1H3. The summed E-state index contributed by atoms with van der Waals surface area (Å²) in [5.41, 5.74) is 0.291. The van der Waals surface area contributed by atoms with Gasteiger partial charge in [-0.05, 0) is 19.1 Å². The van der Waals surface area contributed by atoms with Crippen LogP contribution in [0.2, 0.25) is 0 Å². The number of halogens is 5. The normalized spacial score (nSPS) is 13.7. The van der Waals surface area contributed by atoms with Crippen molar-refractivity contribution >= 4 is 17.4 Å². The van der Waals surface area contributed by atoms with Crippen molar-refractivity contribution in [2.45, 2.75) is 30.5 Å². The Morgan fingerprint density at radius 1 is 1.22 bits per heavy atom. The van der Waals surface area contributed by atoms with Crippen LogP contribution in [-0.2, 0) is 0 Å². The monoisotopic (exact) mass is 285 g/mol. The topological polar surface area (TPSA) is 12.0 Å². The molecule has 1 aromatic carbocycles. The Labute approximate surface area is 106 Å². The van der Waals surface area contributed by atoms with Crippen molar-refractivity contribution in [2.75, 3.05) is 11.1 Å². The lowest BCUT2D eigenvalue weighted by atomic mass is 10.2. The predicted molar refractivity (Wildman–Crippen MR) is 62.3 cm³/mol. The van der Waals surface area contributed by atoms with E-state index in [1.807, 2.05) is 0 Å². The van der Waals surface area contributed by atoms with Crippen molar-refractivity contribution < 1.29 is 22.0 Å². The highest BCUT2D eigenvalue weighted by Crippen LogP contribution is 2.32. The van der Waals surface area contributed by atoms with E-state index in [1.165, 1.54) is 19.1 Å². The zero-order valence-electron chi connectivity index (χ0n) is 9.47. The quantitative estimate of drug-likeness (QED) is 0.635. The molecule has 1 N–H and O–H groups in total. The first-order valence-electron chi connectivity index (χ1n) is 5.13. The van der Waals surface area contributed by atoms with Crippen molar-refractivity contribution in [1.82, 2.24) is 0 Å². The van der Waals surface area contributed by atoms with Crippen molar-refractivity contribution in [1.29, 1.82) is 0 Å². The molecule has 0 aliphatic carbocycles. The Morgan fingerprint density at radius 2 is 1.83 bits per heavy atom. The van der Waals surface area contributed by atoms with E-state index in [2.05, 4.69) is 5.32 Å². The fourth-order valence-corrected chi connectivity index (χ4v) is 1.96. The first kappa shape index (κ1) is 15.1. The summed E-state index contributed by atoms with van der Waals surface area (Å²) < 4.78 is 61.1. The summed E-state index contributed by atoms with van der Waals surface area (Å²) in [5.74, 6) is -1.05. The molecule has 1 atom stereocenters. The average molecular weight is 285 g/mol. The number of nitrogens with one attached hydrogen (secondary N) is 1. The molecule has 0 amide bonds. The summed E-state index contributed by atoms with van der Waals surface area (Å²) >= 11 is 0.575. The molecule has 7 heteroatoms. The number of anilines is 1. The smallest absolute Gasteiger partial charge is 0.376 e. The molecule has 102 valence electrons. The number of alkyl halides is 5. The molecular weight excluding hydrogens is 273 g/mol. The summed E-state index contributed by atoms with van der Waals surface area (Å²) in [5, 5.41) is 2.51. The van der Waals surface area contributed by atoms with Crippen molar-refractivity contribution in [3.05, 3.63) is 24.3 Å². The summed E-state index contributed by atoms with van der Waals surface area (Å²) in [4.78, 5) is 0.308. The second kappa shape index (κ2) is 6.26. The number of para-hydroxylation sites is 1. The maximum absolute atomic E-state index is 12.4. The molecule has 0 aliphatic rings. The van der Waals surface area contributed by atoms with Crippen LogP contribution in [0.3, 0.4) is 0 Å². The molecule has 0 heterocycles. The Hall–Kier alpha value is -0.980. The van der Waals surface area contributed by atoms with Gasteiger partial charge in [0.2, 0.25) is 0 Å². The molecule has 0 aliphatic heterocycles. The van der Waals surface area contributed by atoms with Gasteiger partial charge >= 0.3 is 6.18 Å². The Bertz CT molecular complexity index is 380. The number of benzene rings is 1. The van der Waals surface area contributed by atoms with Gasteiger partial charge in [-0.3, -0.25) is 0 Å². The van der Waals surface area contributed by atoms with Crippen molar-refractivity contribution in [2.24, 2.45) is 0 Å². The number of thioether (sulfide) groups is 1. The average Bonchev–Trinajstić information content (AvgIpc) is 2.26. The summed E-state index contributed by atoms with van der Waals surface area (Å²) in [7, 11) is 0. The highest BCUT2D eigenvalue weighted by atomic mass is 32.2. The molecule has 0 aromatic heterocycles. The molecule has 0 saturated carbocycles. The van der Waals surface area contributed by atoms with Gasteiger partial charge in [0.1, 0.15) is 0 Å². The van der Waals surface area contributed by atoms with E-state index in [-0.39, 0.29) is 0 Å². The third kappa shape index (κ3) is 5.12. The second-order valence-electron chi connectivity index (χ2n) is 3.67. The van der Waals surface area contributed by atoms with Crippen LogP contribution in [0, 0.1) is 0 Å². The minimum absolute atomic E-state index is 0.291. The van der Waals surface area contributed by atoms with Crippen LogP contribution < -0.4 is 5.32 Å². The lowest BCUT2D eigenvalue weighted by Crippen LogP contribution is -2.24. The Kier molecular flexibility index (Phi) is 5.25. The minimum atomic E-state index is -4.29. The largest absolute Gasteiger partial charge is 0.398 e. The van der Waals surface area contributed by atoms with E-state index < -0.39 is 24.4 Å². The number of hydrogen-bond acceptors (Lipinski definition) is 2. The Morgan fingerprint density at radius 3 is 2.39 bits per heavy atom. The van der Waals surface area contributed by atoms with Crippen LogP contribution in [0.4, 0.5) is 27.6 Å². The maximum atomic E-state index is 12.4. The molecule has 1 aromatic rings. The SMILES string of the molecule is CC(Nc1ccccc1SCC(F)(F)F)C(F)F. The molecular formula is C11H12F5NS. The molecule has 0 radical (unpaired) electrons. The maximum Gasteiger partial charge on any atom is 0.398 e. The third-order valence-electron chi connectivity index (χ3n) is 2.04. The fraction of sp³-hybridized carbons (Fsp3) is 0.455. The van der Waals surface area contributed by atoms with Gasteiger partial charge in [-0.15, -0.1) is 11.8 Å². The molecule has 1 nitrogen and oxygen atoms in total. The molecule has 18 heavy (non-hydrogen) atoms. The van der Waals surface area contributed by atoms with Crippen LogP contribution in [0.15, 0.2) is 29.2 Å². The highest BCUT2D eigenvalue weighted by Gasteiger charge is 2.27. The van der Waals surface area contributed by atoms with Crippen LogP contribution in [-0.4, -0.2) is 24.4 Å². The van der Waals surface area contributed by atoms with Gasteiger partial charge in [-0.2, -0.15) is 13.2 Å². The van der Waals surface area contributed by atoms with Crippen LogP contribution in [0.25, 0.3) is 0 Å². The van der Waals surface area contributed by atoms with Gasteiger partial charge in [-0.1, -0.05) is 12.1 Å². The number of hydrogen-bond donors (Lipinski definition) is 1. The minimum Gasteiger partial charge on any atom is -0.376 e. The first-order chi connectivity index (χ1) is 8.29. The van der Waals surface area contributed by atoms with Crippen LogP contribution in [0.5, 0.6) is 0 Å². The number of rotatable bonds is 5. The molecule has 0 spiro atoms. The lowest BCUT2D eigenvalue weighted by molar-refractivity contribution is -0.105. The van der Waals surface area contributed by atoms with Crippen LogP contribution >= 0.6 is 11.8 Å². The molecule has 1 rings (SSSR count). The third-order valence-corrected chi connectivity index (χ3v) is 3.18. The summed E-state index contributed by atoms with van der Waals surface area (Å²) in [6.45, 7) is 1.27. The second-order valence-corrected chi connectivity index (χ2v) is 4.68. The van der Waals surface area contributed by atoms with Crippen LogP contribution in [0.1, 0.15) is 6.92 Å². The van der Waals surface area contributed by atoms with Crippen molar-refractivity contribution in [3.63, 3.8) is 0 Å². The summed E-state index contributed by atoms with van der Waals surface area (Å²) in [6.07, 6.45) is -6.86. The highest BCUT2D eigenvalue weighted by molar-refractivity contribution is 7.99. The van der Waals surface area contributed by atoms with Gasteiger partial charge < -0.3 is 5.32 Å². The molecule has 0 saturated heterocycles. The van der Waals surface area contributed by atoms with Gasteiger partial charge in [0.25, 0.3) is 6.43 Å². The molecule has 0 bridgehead atoms. The first-order valence-corrected chi connectivity index (χ1v) is 6.11. The van der Waals surface area contributed by atoms with Gasteiger partial charge in [0.15, 0.2) is 0 Å². The Balaban J connectivity index is 2.73. The van der Waals surface area contributed by atoms with Crippen molar-refractivity contribution in [3.8, 4) is 0 Å². The molecule has 1 unspecified atom stereocenters. The van der Waals surface area contributed by atoms with E-state index in [9.17, 15) is 22.0 Å². The zero-order chi connectivity index (χ0) is 13.8.